The first-order chi connectivity index (χ1) is 18.8. The lowest BCUT2D eigenvalue weighted by Crippen LogP contribution is -2.33. The third-order valence-electron chi connectivity index (χ3n) is 6.79. The van der Waals surface area contributed by atoms with Crippen LogP contribution in [0.1, 0.15) is 58.3 Å². The Morgan fingerprint density at radius 2 is 1.87 bits per heavy atom. The second kappa shape index (κ2) is 12.8. The predicted molar refractivity (Wildman–Crippen MR) is 154 cm³/mol. The summed E-state index contributed by atoms with van der Waals surface area (Å²) < 4.78 is 6.10. The molecule has 0 fully saturated rings. The molecule has 1 aliphatic rings. The Morgan fingerprint density at radius 3 is 2.56 bits per heavy atom. The van der Waals surface area contributed by atoms with Crippen LogP contribution in [0.15, 0.2) is 88.9 Å². The fourth-order valence-electron chi connectivity index (χ4n) is 4.36. The molecular weight excluding hydrogens is 510 g/mol. The highest BCUT2D eigenvalue weighted by molar-refractivity contribution is 6.27. The van der Waals surface area contributed by atoms with Crippen LogP contribution in [-0.2, 0) is 11.3 Å². The van der Waals surface area contributed by atoms with Crippen molar-refractivity contribution in [2.45, 2.75) is 44.8 Å². The maximum absolute atomic E-state index is 13.3. The monoisotopic (exact) mass is 541 g/mol. The number of carbonyl (C=O) groups is 1. The summed E-state index contributed by atoms with van der Waals surface area (Å²) in [7, 11) is 0. The number of rotatable bonds is 9. The number of alkyl halides is 1. The molecule has 0 aliphatic heterocycles. The maximum Gasteiger partial charge on any atom is 0.249 e. The average molecular weight is 542 g/mol. The first-order valence-corrected chi connectivity index (χ1v) is 13.3. The molecule has 0 saturated carbocycles. The highest BCUT2D eigenvalue weighted by Gasteiger charge is 2.23. The van der Waals surface area contributed by atoms with Gasteiger partial charge in [-0.3, -0.25) is 4.79 Å². The lowest BCUT2D eigenvalue weighted by Gasteiger charge is -2.19. The van der Waals surface area contributed by atoms with Crippen LogP contribution in [0.3, 0.4) is 0 Å². The van der Waals surface area contributed by atoms with E-state index in [2.05, 4.69) is 54.8 Å². The molecule has 1 heterocycles. The van der Waals surface area contributed by atoms with Gasteiger partial charge in [0, 0.05) is 17.2 Å². The van der Waals surface area contributed by atoms with E-state index in [0.29, 0.717) is 34.6 Å². The lowest BCUT2D eigenvalue weighted by atomic mass is 10.0. The van der Waals surface area contributed by atoms with Gasteiger partial charge in [-0.25, -0.2) is 0 Å². The summed E-state index contributed by atoms with van der Waals surface area (Å²) in [6.07, 6.45) is 7.11. The molecule has 3 N–H and O–H groups in total. The Labute approximate surface area is 234 Å². The number of nitriles is 1. The van der Waals surface area contributed by atoms with Gasteiger partial charge in [-0.05, 0) is 61.7 Å². The average Bonchev–Trinajstić information content (AvgIpc) is 3.32. The zero-order valence-corrected chi connectivity index (χ0v) is 23.0. The molecule has 3 aromatic rings. The second-order valence-corrected chi connectivity index (χ2v) is 10.2. The number of aliphatic hydroxyl groups is 1. The second-order valence-electron chi connectivity index (χ2n) is 9.68. The van der Waals surface area contributed by atoms with Crippen molar-refractivity contribution in [1.29, 1.82) is 5.26 Å². The number of furan rings is 1. The van der Waals surface area contributed by atoms with Crippen LogP contribution in [0.5, 0.6) is 0 Å². The summed E-state index contributed by atoms with van der Waals surface area (Å²) in [4.78, 5) is 13.3. The van der Waals surface area contributed by atoms with Crippen LogP contribution in [0.4, 0.5) is 0 Å². The predicted octanol–water partition coefficient (Wildman–Crippen LogP) is 5.96. The molecule has 200 valence electrons. The van der Waals surface area contributed by atoms with Crippen molar-refractivity contribution in [3.8, 4) is 6.07 Å². The van der Waals surface area contributed by atoms with Gasteiger partial charge >= 0.3 is 0 Å². The molecule has 0 bridgehead atoms. The molecule has 1 amide bonds. The van der Waals surface area contributed by atoms with E-state index in [0.717, 1.165) is 11.3 Å². The Bertz CT molecular complexity index is 1460. The van der Waals surface area contributed by atoms with E-state index in [1.54, 1.807) is 36.4 Å². The highest BCUT2D eigenvalue weighted by atomic mass is 35.5. The van der Waals surface area contributed by atoms with Crippen LogP contribution < -0.4 is 10.6 Å². The summed E-state index contributed by atoms with van der Waals surface area (Å²) in [5, 5.41) is 24.9. The number of allylic oxidation sites excluding steroid dienone is 5. The topological polar surface area (TPSA) is 98.3 Å². The van der Waals surface area contributed by atoms with Gasteiger partial charge in [0.2, 0.25) is 5.91 Å². The minimum atomic E-state index is -0.660. The Hall–Kier alpha value is -3.89. The van der Waals surface area contributed by atoms with Gasteiger partial charge in [0.15, 0.2) is 0 Å². The number of halogens is 1. The van der Waals surface area contributed by atoms with Crippen molar-refractivity contribution in [2.24, 2.45) is 0 Å². The Kier molecular flexibility index (Phi) is 9.21. The molecule has 0 saturated heterocycles. The van der Waals surface area contributed by atoms with Gasteiger partial charge in [-0.15, -0.1) is 11.6 Å². The molecule has 3 unspecified atom stereocenters. The lowest BCUT2D eigenvalue weighted by molar-refractivity contribution is -0.118. The first kappa shape index (κ1) is 28.1. The van der Waals surface area contributed by atoms with Crippen molar-refractivity contribution < 1.29 is 14.3 Å². The van der Waals surface area contributed by atoms with Crippen molar-refractivity contribution in [2.75, 3.05) is 6.61 Å². The van der Waals surface area contributed by atoms with Gasteiger partial charge in [0.25, 0.3) is 0 Å². The SMILES string of the molecule is Cc1ccc(C(C)NCc2ccc(C3=CC=CC(Cl)C(C(=O)NC(CO)c4ccc(C#N)c(C)c4)=C3)o2)cc1. The number of carbonyl (C=O) groups excluding carboxylic acids is 1. The van der Waals surface area contributed by atoms with Crippen LogP contribution in [0.2, 0.25) is 0 Å². The molecule has 1 aliphatic carbocycles. The number of benzene rings is 2. The molecule has 3 atom stereocenters. The van der Waals surface area contributed by atoms with Crippen LogP contribution in [0.25, 0.3) is 5.57 Å². The number of nitrogens with zero attached hydrogens (tertiary/aromatic N) is 1. The van der Waals surface area contributed by atoms with Crippen LogP contribution in [0, 0.1) is 25.2 Å². The van der Waals surface area contributed by atoms with Crippen molar-refractivity contribution >= 4 is 23.1 Å². The molecule has 2 aromatic carbocycles. The smallest absolute Gasteiger partial charge is 0.249 e. The molecule has 6 nitrogen and oxygen atoms in total. The summed E-state index contributed by atoms with van der Waals surface area (Å²) in [5.41, 5.74) is 5.51. The fraction of sp³-hybridized carbons (Fsp3) is 0.250. The Balaban J connectivity index is 1.47. The fourth-order valence-corrected chi connectivity index (χ4v) is 4.61. The zero-order chi connectivity index (χ0) is 27.9. The van der Waals surface area contributed by atoms with Crippen LogP contribution in [-0.4, -0.2) is 23.0 Å². The number of nitrogens with one attached hydrogen (secondary N) is 2. The summed E-state index contributed by atoms with van der Waals surface area (Å²) in [6.45, 7) is 6.25. The van der Waals surface area contributed by atoms with E-state index in [1.807, 2.05) is 25.1 Å². The number of hydrogen-bond acceptors (Lipinski definition) is 5. The maximum atomic E-state index is 13.3. The van der Waals surface area contributed by atoms with Gasteiger partial charge in [0.05, 0.1) is 36.2 Å². The van der Waals surface area contributed by atoms with Crippen LogP contribution >= 0.6 is 11.6 Å². The molecule has 7 heteroatoms. The van der Waals surface area contributed by atoms with E-state index in [9.17, 15) is 15.2 Å². The third kappa shape index (κ3) is 6.96. The molecule has 0 spiro atoms. The van der Waals surface area contributed by atoms with Gasteiger partial charge in [-0.1, -0.05) is 60.2 Å². The van der Waals surface area contributed by atoms with Gasteiger partial charge < -0.3 is 20.2 Å². The minimum absolute atomic E-state index is 0.158. The first-order valence-electron chi connectivity index (χ1n) is 12.8. The largest absolute Gasteiger partial charge is 0.460 e. The minimum Gasteiger partial charge on any atom is -0.460 e. The molecule has 0 radical (unpaired) electrons. The number of hydrogen-bond donors (Lipinski definition) is 3. The number of aryl methyl sites for hydroxylation is 2. The summed E-state index contributed by atoms with van der Waals surface area (Å²) >= 11 is 6.54. The van der Waals surface area contributed by atoms with Gasteiger partial charge in [0.1, 0.15) is 11.5 Å². The molecule has 39 heavy (non-hydrogen) atoms. The number of aliphatic hydroxyl groups excluding tert-OH is 1. The standard InChI is InChI=1S/C32H32ClN3O3/c1-20-7-9-23(10-8-20)22(3)35-18-27-13-14-31(39-27)25-5-4-6-29(33)28(16-25)32(38)36-30(19-37)24-11-12-26(17-34)21(2)15-24/h4-16,22,29-30,35,37H,18-19H2,1-3H3,(H,36,38). The third-order valence-corrected chi connectivity index (χ3v) is 7.17. The van der Waals surface area contributed by atoms with E-state index in [4.69, 9.17) is 16.0 Å². The van der Waals surface area contributed by atoms with Gasteiger partial charge in [-0.2, -0.15) is 5.26 Å². The quantitative estimate of drug-likeness (QED) is 0.290. The normalized spacial score (nSPS) is 16.5. The van der Waals surface area contributed by atoms with E-state index in [1.165, 1.54) is 11.1 Å². The molecule has 4 rings (SSSR count). The Morgan fingerprint density at radius 1 is 1.13 bits per heavy atom. The van der Waals surface area contributed by atoms with Crippen molar-refractivity contribution in [3.63, 3.8) is 0 Å². The van der Waals surface area contributed by atoms with Crippen molar-refractivity contribution in [3.05, 3.63) is 124 Å². The van der Waals surface area contributed by atoms with Crippen molar-refractivity contribution in [1.82, 2.24) is 10.6 Å². The summed E-state index contributed by atoms with van der Waals surface area (Å²) in [6, 6.07) is 19.1. The number of amides is 1. The summed E-state index contributed by atoms with van der Waals surface area (Å²) in [5.74, 6) is 1.00. The zero-order valence-electron chi connectivity index (χ0n) is 22.2. The molecular formula is C32H32ClN3O3. The van der Waals surface area contributed by atoms with E-state index in [-0.39, 0.29) is 12.6 Å². The molecule has 1 aromatic heterocycles. The van der Waals surface area contributed by atoms with E-state index < -0.39 is 17.3 Å². The highest BCUT2D eigenvalue weighted by Crippen LogP contribution is 2.27. The van der Waals surface area contributed by atoms with E-state index >= 15 is 0 Å².